The number of amides is 1. The third-order valence-electron chi connectivity index (χ3n) is 4.12. The van der Waals surface area contributed by atoms with Crippen molar-refractivity contribution in [1.82, 2.24) is 16.2 Å². The molecule has 1 fully saturated rings. The van der Waals surface area contributed by atoms with Crippen LogP contribution in [0.15, 0.2) is 22.7 Å². The number of thiocarbonyl (C=S) groups is 1. The van der Waals surface area contributed by atoms with Gasteiger partial charge in [-0.3, -0.25) is 15.6 Å². The van der Waals surface area contributed by atoms with Gasteiger partial charge in [-0.2, -0.15) is 13.2 Å². The van der Waals surface area contributed by atoms with Gasteiger partial charge in [-0.15, -0.1) is 0 Å². The molecule has 0 spiro atoms. The highest BCUT2D eigenvalue weighted by Gasteiger charge is 2.50. The zero-order chi connectivity index (χ0) is 18.1. The summed E-state index contributed by atoms with van der Waals surface area (Å²) in [6.45, 7) is 1.96. The van der Waals surface area contributed by atoms with Crippen molar-refractivity contribution >= 4 is 39.2 Å². The second-order valence-corrected chi connectivity index (χ2v) is 7.30. The standard InChI is InChI=1S/C15H17BrF3N3OS/c1-8-6-14(7-8,12(23)21-22-13(24)20-2)9-3-10(15(17,18)19)5-11(16)4-9/h3-5,8H,6-7H2,1-2H3,(H,21,23)(H2,20,22,24). The van der Waals surface area contributed by atoms with E-state index in [0.29, 0.717) is 18.4 Å². The normalized spacial score (nSPS) is 23.2. The Balaban J connectivity index is 2.35. The summed E-state index contributed by atoms with van der Waals surface area (Å²) in [6, 6.07) is 3.62. The molecular formula is C15H17BrF3N3OS. The van der Waals surface area contributed by atoms with Crippen LogP contribution in [0.3, 0.4) is 0 Å². The highest BCUT2D eigenvalue weighted by molar-refractivity contribution is 9.10. The first-order chi connectivity index (χ1) is 11.1. The Bertz CT molecular complexity index is 660. The molecule has 1 aromatic rings. The number of halogens is 4. The van der Waals surface area contributed by atoms with E-state index in [2.05, 4.69) is 32.1 Å². The number of benzene rings is 1. The largest absolute Gasteiger partial charge is 0.416 e. The monoisotopic (exact) mass is 423 g/mol. The second-order valence-electron chi connectivity index (χ2n) is 5.98. The van der Waals surface area contributed by atoms with Crippen LogP contribution in [0.4, 0.5) is 13.2 Å². The van der Waals surface area contributed by atoms with Gasteiger partial charge >= 0.3 is 6.18 Å². The summed E-state index contributed by atoms with van der Waals surface area (Å²) >= 11 is 8.00. The van der Waals surface area contributed by atoms with Crippen LogP contribution in [-0.2, 0) is 16.4 Å². The fourth-order valence-corrected chi connectivity index (χ4v) is 3.55. The van der Waals surface area contributed by atoms with Crippen LogP contribution in [0.1, 0.15) is 30.9 Å². The van der Waals surface area contributed by atoms with Crippen molar-refractivity contribution < 1.29 is 18.0 Å². The number of nitrogens with one attached hydrogen (secondary N) is 3. The van der Waals surface area contributed by atoms with Gasteiger partial charge in [0.2, 0.25) is 5.91 Å². The van der Waals surface area contributed by atoms with E-state index < -0.39 is 23.1 Å². The first kappa shape index (κ1) is 19.0. The summed E-state index contributed by atoms with van der Waals surface area (Å²) in [5.41, 5.74) is 3.58. The Labute approximate surface area is 151 Å². The lowest BCUT2D eigenvalue weighted by Gasteiger charge is -2.45. The summed E-state index contributed by atoms with van der Waals surface area (Å²) in [7, 11) is 1.59. The van der Waals surface area contributed by atoms with Crippen LogP contribution < -0.4 is 16.2 Å². The minimum atomic E-state index is -4.47. The molecule has 0 aromatic heterocycles. The molecule has 24 heavy (non-hydrogen) atoms. The van der Waals surface area contributed by atoms with E-state index in [1.165, 1.54) is 0 Å². The van der Waals surface area contributed by atoms with E-state index in [9.17, 15) is 18.0 Å². The maximum Gasteiger partial charge on any atom is 0.416 e. The SMILES string of the molecule is CNC(=S)NNC(=O)C1(c2cc(Br)cc(C(F)(F)F)c2)CC(C)C1. The van der Waals surface area contributed by atoms with E-state index in [4.69, 9.17) is 12.2 Å². The fraction of sp³-hybridized carbons (Fsp3) is 0.467. The van der Waals surface area contributed by atoms with Crippen molar-refractivity contribution in [2.75, 3.05) is 7.05 Å². The van der Waals surface area contributed by atoms with Crippen LogP contribution in [0.2, 0.25) is 0 Å². The predicted molar refractivity (Wildman–Crippen MR) is 92.2 cm³/mol. The highest BCUT2D eigenvalue weighted by atomic mass is 79.9. The molecule has 4 nitrogen and oxygen atoms in total. The van der Waals surface area contributed by atoms with Gasteiger partial charge in [-0.05, 0) is 54.7 Å². The van der Waals surface area contributed by atoms with Crippen molar-refractivity contribution in [3.63, 3.8) is 0 Å². The fourth-order valence-electron chi connectivity index (χ4n) is 3.01. The van der Waals surface area contributed by atoms with E-state index in [0.717, 1.165) is 12.1 Å². The van der Waals surface area contributed by atoms with Gasteiger partial charge in [-0.25, -0.2) is 0 Å². The van der Waals surface area contributed by atoms with Crippen molar-refractivity contribution in [2.24, 2.45) is 5.92 Å². The van der Waals surface area contributed by atoms with Crippen LogP contribution in [-0.4, -0.2) is 18.1 Å². The van der Waals surface area contributed by atoms with Gasteiger partial charge in [0.25, 0.3) is 0 Å². The Hall–Kier alpha value is -1.35. The van der Waals surface area contributed by atoms with Crippen molar-refractivity contribution in [2.45, 2.75) is 31.4 Å². The zero-order valence-electron chi connectivity index (χ0n) is 13.1. The van der Waals surface area contributed by atoms with E-state index >= 15 is 0 Å². The number of rotatable bonds is 2. The summed E-state index contributed by atoms with van der Waals surface area (Å²) in [5, 5.41) is 2.86. The van der Waals surface area contributed by atoms with Crippen molar-refractivity contribution in [1.29, 1.82) is 0 Å². The molecule has 1 aliphatic carbocycles. The van der Waals surface area contributed by atoms with Crippen molar-refractivity contribution in [3.05, 3.63) is 33.8 Å². The molecule has 0 heterocycles. The van der Waals surface area contributed by atoms with Gasteiger partial charge < -0.3 is 5.32 Å². The van der Waals surface area contributed by atoms with Gasteiger partial charge in [0.15, 0.2) is 5.11 Å². The summed E-state index contributed by atoms with van der Waals surface area (Å²) in [4.78, 5) is 12.6. The molecule has 9 heteroatoms. The van der Waals surface area contributed by atoms with Gasteiger partial charge in [0.05, 0.1) is 11.0 Å². The van der Waals surface area contributed by atoms with E-state index in [1.807, 2.05) is 6.92 Å². The minimum absolute atomic E-state index is 0.219. The molecule has 1 aromatic carbocycles. The first-order valence-corrected chi connectivity index (χ1v) is 8.45. The smallest absolute Gasteiger partial charge is 0.364 e. The van der Waals surface area contributed by atoms with Gasteiger partial charge in [-0.1, -0.05) is 22.9 Å². The molecule has 0 radical (unpaired) electrons. The number of alkyl halides is 3. The molecule has 1 aliphatic rings. The van der Waals surface area contributed by atoms with Crippen LogP contribution in [0.25, 0.3) is 0 Å². The van der Waals surface area contributed by atoms with Crippen LogP contribution >= 0.6 is 28.1 Å². The number of hydrogen-bond acceptors (Lipinski definition) is 2. The summed E-state index contributed by atoms with van der Waals surface area (Å²) in [6.07, 6.45) is -3.53. The number of carbonyl (C=O) groups excluding carboxylic acids is 1. The molecule has 0 saturated heterocycles. The maximum atomic E-state index is 13.1. The summed E-state index contributed by atoms with van der Waals surface area (Å²) in [5.74, 6) is -0.148. The lowest BCUT2D eigenvalue weighted by molar-refractivity contribution is -0.138. The predicted octanol–water partition coefficient (Wildman–Crippen LogP) is 3.26. The third kappa shape index (κ3) is 3.83. The molecule has 2 rings (SSSR count). The average molecular weight is 424 g/mol. The Morgan fingerprint density at radius 2 is 1.92 bits per heavy atom. The Morgan fingerprint density at radius 3 is 2.42 bits per heavy atom. The molecular weight excluding hydrogens is 407 g/mol. The van der Waals surface area contributed by atoms with E-state index in [1.54, 1.807) is 13.1 Å². The Morgan fingerprint density at radius 1 is 1.29 bits per heavy atom. The second kappa shape index (κ2) is 6.87. The average Bonchev–Trinajstić information content (AvgIpc) is 2.47. The molecule has 0 bridgehead atoms. The molecule has 0 aliphatic heterocycles. The topological polar surface area (TPSA) is 53.2 Å². The van der Waals surface area contributed by atoms with Crippen LogP contribution in [0.5, 0.6) is 0 Å². The van der Waals surface area contributed by atoms with Gasteiger partial charge in [0.1, 0.15) is 0 Å². The molecule has 1 amide bonds. The zero-order valence-corrected chi connectivity index (χ0v) is 15.5. The number of hydrazine groups is 1. The number of carbonyl (C=O) groups is 1. The molecule has 0 atom stereocenters. The highest BCUT2D eigenvalue weighted by Crippen LogP contribution is 2.49. The molecule has 0 unspecified atom stereocenters. The Kier molecular flexibility index (Phi) is 5.44. The summed E-state index contributed by atoms with van der Waals surface area (Å²) < 4.78 is 39.5. The quantitative estimate of drug-likeness (QED) is 0.504. The van der Waals surface area contributed by atoms with Gasteiger partial charge in [0, 0.05) is 11.5 Å². The molecule has 132 valence electrons. The molecule has 3 N–H and O–H groups in total. The van der Waals surface area contributed by atoms with Crippen molar-refractivity contribution in [3.8, 4) is 0 Å². The number of hydrogen-bond donors (Lipinski definition) is 3. The maximum absolute atomic E-state index is 13.1. The van der Waals surface area contributed by atoms with Crippen LogP contribution in [0, 0.1) is 5.92 Å². The first-order valence-electron chi connectivity index (χ1n) is 7.25. The lowest BCUT2D eigenvalue weighted by atomic mass is 9.58. The minimum Gasteiger partial charge on any atom is -0.364 e. The third-order valence-corrected chi connectivity index (χ3v) is 4.89. The van der Waals surface area contributed by atoms with E-state index in [-0.39, 0.29) is 15.5 Å². The lowest BCUT2D eigenvalue weighted by Crippen LogP contribution is -2.57. The molecule has 1 saturated carbocycles.